The number of hydrogen-bond acceptors (Lipinski definition) is 4. The highest BCUT2D eigenvalue weighted by atomic mass is 127. The fourth-order valence-corrected chi connectivity index (χ4v) is 2.33. The fourth-order valence-electron chi connectivity index (χ4n) is 1.89. The van der Waals surface area contributed by atoms with E-state index in [1.54, 1.807) is 24.3 Å². The fraction of sp³-hybridized carbons (Fsp3) is 0.235. The molecule has 0 saturated carbocycles. The molecule has 0 aliphatic rings. The molecule has 0 aliphatic carbocycles. The molecule has 0 saturated heterocycles. The topological polar surface area (TPSA) is 60.7 Å². The zero-order valence-electron chi connectivity index (χ0n) is 13.0. The molecule has 0 radical (unpaired) electrons. The smallest absolute Gasteiger partial charge is 0.248 e. The van der Waals surface area contributed by atoms with Crippen molar-refractivity contribution in [1.29, 1.82) is 0 Å². The van der Waals surface area contributed by atoms with Crippen molar-refractivity contribution in [3.8, 4) is 11.5 Å². The molecule has 1 heterocycles. The van der Waals surface area contributed by atoms with Crippen LogP contribution in [0.15, 0.2) is 40.8 Å². The van der Waals surface area contributed by atoms with E-state index < -0.39 is 0 Å². The van der Waals surface area contributed by atoms with E-state index in [9.17, 15) is 4.79 Å². The molecule has 1 aromatic heterocycles. The van der Waals surface area contributed by atoms with Crippen LogP contribution < -0.4 is 14.8 Å². The minimum Gasteiger partial charge on any atom is -0.494 e. The Morgan fingerprint density at radius 3 is 2.65 bits per heavy atom. The predicted molar refractivity (Wildman–Crippen MR) is 97.9 cm³/mol. The Morgan fingerprint density at radius 2 is 2.00 bits per heavy atom. The lowest BCUT2D eigenvalue weighted by molar-refractivity contribution is -0.111. The van der Waals surface area contributed by atoms with Crippen LogP contribution in [-0.4, -0.2) is 19.1 Å². The average molecular weight is 427 g/mol. The molecule has 0 fully saturated rings. The van der Waals surface area contributed by atoms with Gasteiger partial charge in [0.15, 0.2) is 3.77 Å². The van der Waals surface area contributed by atoms with E-state index in [1.807, 2.05) is 26.0 Å². The Hall–Kier alpha value is -1.96. The first-order valence-corrected chi connectivity index (χ1v) is 8.34. The molecular weight excluding hydrogens is 409 g/mol. The van der Waals surface area contributed by atoms with E-state index in [4.69, 9.17) is 13.9 Å². The molecule has 5 nitrogen and oxygen atoms in total. The molecule has 23 heavy (non-hydrogen) atoms. The van der Waals surface area contributed by atoms with Crippen LogP contribution in [0, 0.1) is 3.77 Å². The van der Waals surface area contributed by atoms with Crippen molar-refractivity contribution in [3.63, 3.8) is 0 Å². The summed E-state index contributed by atoms with van der Waals surface area (Å²) in [5.41, 5.74) is 0.571. The summed E-state index contributed by atoms with van der Waals surface area (Å²) in [5, 5.41) is 2.80. The van der Waals surface area contributed by atoms with Crippen molar-refractivity contribution in [2.45, 2.75) is 13.8 Å². The van der Waals surface area contributed by atoms with Crippen LogP contribution in [0.3, 0.4) is 0 Å². The maximum Gasteiger partial charge on any atom is 0.248 e. The lowest BCUT2D eigenvalue weighted by Gasteiger charge is -2.12. The second-order valence-corrected chi connectivity index (χ2v) is 5.55. The first-order valence-electron chi connectivity index (χ1n) is 7.26. The van der Waals surface area contributed by atoms with Gasteiger partial charge in [-0.3, -0.25) is 4.79 Å². The summed E-state index contributed by atoms with van der Waals surface area (Å²) in [4.78, 5) is 12.1. The number of ether oxygens (including phenoxy) is 2. The van der Waals surface area contributed by atoms with Gasteiger partial charge in [-0.2, -0.15) is 0 Å². The second-order valence-electron chi connectivity index (χ2n) is 4.49. The van der Waals surface area contributed by atoms with Crippen LogP contribution >= 0.6 is 22.6 Å². The maximum absolute atomic E-state index is 12.1. The zero-order valence-corrected chi connectivity index (χ0v) is 15.1. The number of furan rings is 1. The summed E-state index contributed by atoms with van der Waals surface area (Å²) in [5.74, 6) is 1.63. The Balaban J connectivity index is 2.11. The van der Waals surface area contributed by atoms with Crippen molar-refractivity contribution >= 4 is 40.3 Å². The monoisotopic (exact) mass is 427 g/mol. The molecule has 0 unspecified atom stereocenters. The molecule has 0 atom stereocenters. The number of carbonyl (C=O) groups excluding carboxylic acids is 1. The molecule has 6 heteroatoms. The van der Waals surface area contributed by atoms with E-state index in [-0.39, 0.29) is 5.91 Å². The first kappa shape index (κ1) is 17.4. The molecule has 122 valence electrons. The number of rotatable bonds is 7. The van der Waals surface area contributed by atoms with Gasteiger partial charge in [0, 0.05) is 12.1 Å². The summed E-state index contributed by atoms with van der Waals surface area (Å²) >= 11 is 2.07. The Morgan fingerprint density at radius 1 is 1.22 bits per heavy atom. The highest BCUT2D eigenvalue weighted by molar-refractivity contribution is 14.1. The molecule has 2 rings (SSSR count). The van der Waals surface area contributed by atoms with Crippen molar-refractivity contribution in [2.75, 3.05) is 18.5 Å². The molecule has 0 spiro atoms. The van der Waals surface area contributed by atoms with E-state index >= 15 is 0 Å². The van der Waals surface area contributed by atoms with E-state index in [0.717, 1.165) is 3.77 Å². The van der Waals surface area contributed by atoms with Gasteiger partial charge in [-0.1, -0.05) is 0 Å². The van der Waals surface area contributed by atoms with Crippen LogP contribution in [0.2, 0.25) is 0 Å². The van der Waals surface area contributed by atoms with Gasteiger partial charge < -0.3 is 19.2 Å². The quantitative estimate of drug-likeness (QED) is 0.528. The number of amides is 1. The number of hydrogen-bond donors (Lipinski definition) is 1. The molecule has 2 aromatic rings. The van der Waals surface area contributed by atoms with Gasteiger partial charge in [0.05, 0.1) is 18.9 Å². The van der Waals surface area contributed by atoms with E-state index in [1.165, 1.54) is 6.08 Å². The van der Waals surface area contributed by atoms with Gasteiger partial charge in [0.25, 0.3) is 0 Å². The van der Waals surface area contributed by atoms with Crippen molar-refractivity contribution in [3.05, 3.63) is 45.9 Å². The minimum absolute atomic E-state index is 0.272. The maximum atomic E-state index is 12.1. The lowest BCUT2D eigenvalue weighted by atomic mass is 10.2. The van der Waals surface area contributed by atoms with Crippen LogP contribution in [0.5, 0.6) is 11.5 Å². The second kappa shape index (κ2) is 8.61. The van der Waals surface area contributed by atoms with Gasteiger partial charge in [0.2, 0.25) is 5.91 Å². The summed E-state index contributed by atoms with van der Waals surface area (Å²) in [6.07, 6.45) is 3.03. The third-order valence-corrected chi connectivity index (χ3v) is 3.39. The van der Waals surface area contributed by atoms with Crippen molar-refractivity contribution in [1.82, 2.24) is 0 Å². The Kier molecular flexibility index (Phi) is 6.52. The van der Waals surface area contributed by atoms with Crippen molar-refractivity contribution < 1.29 is 18.7 Å². The minimum atomic E-state index is -0.272. The van der Waals surface area contributed by atoms with Crippen LogP contribution in [0.4, 0.5) is 5.69 Å². The molecule has 1 aromatic carbocycles. The number of halogens is 1. The van der Waals surface area contributed by atoms with Gasteiger partial charge in [-0.25, -0.2) is 0 Å². The summed E-state index contributed by atoms with van der Waals surface area (Å²) < 4.78 is 17.1. The molecule has 0 aliphatic heterocycles. The van der Waals surface area contributed by atoms with Gasteiger partial charge >= 0.3 is 0 Å². The summed E-state index contributed by atoms with van der Waals surface area (Å²) in [7, 11) is 0. The number of anilines is 1. The highest BCUT2D eigenvalue weighted by Crippen LogP contribution is 2.29. The normalized spacial score (nSPS) is 10.7. The lowest BCUT2D eigenvalue weighted by Crippen LogP contribution is -2.09. The van der Waals surface area contributed by atoms with Gasteiger partial charge in [-0.05, 0) is 66.8 Å². The third-order valence-electron chi connectivity index (χ3n) is 2.81. The van der Waals surface area contributed by atoms with Gasteiger partial charge in [0.1, 0.15) is 17.3 Å². The van der Waals surface area contributed by atoms with Crippen molar-refractivity contribution in [2.24, 2.45) is 0 Å². The van der Waals surface area contributed by atoms with E-state index in [0.29, 0.717) is 36.2 Å². The molecular formula is C17H18INO4. The SMILES string of the molecule is CCOc1ccc(OCC)c(NC(=O)/C=C/c2ccc(I)o2)c1. The van der Waals surface area contributed by atoms with E-state index in [2.05, 4.69) is 27.9 Å². The molecule has 1 N–H and O–H groups in total. The summed E-state index contributed by atoms with van der Waals surface area (Å²) in [6, 6.07) is 8.97. The Labute approximate surface area is 148 Å². The highest BCUT2D eigenvalue weighted by Gasteiger charge is 2.08. The Bertz CT molecular complexity index is 694. The number of carbonyl (C=O) groups is 1. The predicted octanol–water partition coefficient (Wildman–Crippen LogP) is 4.33. The molecule has 1 amide bonds. The van der Waals surface area contributed by atoms with Gasteiger partial charge in [-0.15, -0.1) is 0 Å². The van der Waals surface area contributed by atoms with Crippen LogP contribution in [-0.2, 0) is 4.79 Å². The zero-order chi connectivity index (χ0) is 16.7. The van der Waals surface area contributed by atoms with Crippen LogP contribution in [0.1, 0.15) is 19.6 Å². The summed E-state index contributed by atoms with van der Waals surface area (Å²) in [6.45, 7) is 4.86. The number of benzene rings is 1. The average Bonchev–Trinajstić information content (AvgIpc) is 2.94. The first-order chi connectivity index (χ1) is 11.1. The standard InChI is InChI=1S/C17H18INO4/c1-3-21-13-5-8-15(22-4-2)14(11-13)19-17(20)10-7-12-6-9-16(18)23-12/h5-11H,3-4H2,1-2H3,(H,19,20)/b10-7+. The number of nitrogens with one attached hydrogen (secondary N) is 1. The van der Waals surface area contributed by atoms with Crippen LogP contribution in [0.25, 0.3) is 6.08 Å². The largest absolute Gasteiger partial charge is 0.494 e. The third kappa shape index (κ3) is 5.31. The molecule has 0 bridgehead atoms.